The number of ether oxygens (including phenoxy) is 1. The highest BCUT2D eigenvalue weighted by Gasteiger charge is 2.26. The molecule has 34 heavy (non-hydrogen) atoms. The molecule has 5 nitrogen and oxygen atoms in total. The third-order valence-corrected chi connectivity index (χ3v) is 6.90. The number of fused-ring (bicyclic) bond motifs is 1. The molecular formula is C27H24ClFN4O. The Labute approximate surface area is 202 Å². The molecule has 3 heterocycles. The molecule has 6 rings (SSSR count). The second-order valence-corrected chi connectivity index (χ2v) is 9.56. The molecule has 1 aliphatic carbocycles. The van der Waals surface area contributed by atoms with Crippen molar-refractivity contribution in [1.82, 2.24) is 19.7 Å². The first-order chi connectivity index (χ1) is 16.5. The molecule has 4 aromatic rings. The lowest BCUT2D eigenvalue weighted by Gasteiger charge is -2.22. The summed E-state index contributed by atoms with van der Waals surface area (Å²) in [5, 5.41) is 4.88. The maximum absolute atomic E-state index is 15.0. The summed E-state index contributed by atoms with van der Waals surface area (Å²) in [6.45, 7) is 4.47. The summed E-state index contributed by atoms with van der Waals surface area (Å²) < 4.78 is 23.1. The van der Waals surface area contributed by atoms with Crippen LogP contribution in [0.25, 0.3) is 27.7 Å². The van der Waals surface area contributed by atoms with Crippen molar-refractivity contribution < 1.29 is 9.13 Å². The van der Waals surface area contributed by atoms with Gasteiger partial charge < -0.3 is 4.74 Å². The van der Waals surface area contributed by atoms with Crippen LogP contribution in [0.4, 0.5) is 4.39 Å². The first-order valence-corrected chi connectivity index (χ1v) is 12.0. The molecule has 1 atom stereocenters. The molecule has 1 aliphatic heterocycles. The Morgan fingerprint density at radius 3 is 2.68 bits per heavy atom. The Kier molecular flexibility index (Phi) is 5.23. The van der Waals surface area contributed by atoms with Crippen LogP contribution in [0.3, 0.4) is 0 Å². The van der Waals surface area contributed by atoms with E-state index < -0.39 is 0 Å². The third-order valence-electron chi connectivity index (χ3n) is 6.67. The van der Waals surface area contributed by atoms with Gasteiger partial charge in [0.1, 0.15) is 11.9 Å². The lowest BCUT2D eigenvalue weighted by atomic mass is 9.93. The zero-order chi connectivity index (χ0) is 23.4. The zero-order valence-electron chi connectivity index (χ0n) is 19.1. The first-order valence-electron chi connectivity index (χ1n) is 11.6. The summed E-state index contributed by atoms with van der Waals surface area (Å²) >= 11 is 6.02. The average Bonchev–Trinajstić information content (AvgIpc) is 3.56. The van der Waals surface area contributed by atoms with Crippen molar-refractivity contribution in [2.75, 3.05) is 6.61 Å². The van der Waals surface area contributed by atoms with E-state index in [0.717, 1.165) is 40.0 Å². The minimum absolute atomic E-state index is 0.159. The van der Waals surface area contributed by atoms with Gasteiger partial charge in [-0.25, -0.2) is 14.4 Å². The minimum Gasteiger partial charge on any atom is -0.369 e. The SMILES string of the molecule is Cc1nc2cc(C3=C[C@H](c4cnn(C5CC5)c4)OCC3)cc(-c3ccc(Cl)cc3F)c2nc1C. The highest BCUT2D eigenvalue weighted by atomic mass is 35.5. The van der Waals surface area contributed by atoms with E-state index in [-0.39, 0.29) is 11.9 Å². The summed E-state index contributed by atoms with van der Waals surface area (Å²) in [6.07, 6.45) is 9.12. The number of hydrogen-bond donors (Lipinski definition) is 0. The Hall–Kier alpha value is -3.09. The summed E-state index contributed by atoms with van der Waals surface area (Å²) in [6, 6.07) is 9.34. The normalized spacial score (nSPS) is 18.4. The van der Waals surface area contributed by atoms with E-state index in [4.69, 9.17) is 26.3 Å². The van der Waals surface area contributed by atoms with Crippen molar-refractivity contribution in [1.29, 1.82) is 0 Å². The number of aryl methyl sites for hydroxylation is 2. The molecule has 0 saturated heterocycles. The summed E-state index contributed by atoms with van der Waals surface area (Å²) in [7, 11) is 0. The number of nitrogens with zero attached hydrogens (tertiary/aromatic N) is 4. The monoisotopic (exact) mass is 474 g/mol. The maximum Gasteiger partial charge on any atom is 0.132 e. The van der Waals surface area contributed by atoms with Crippen molar-refractivity contribution in [3.63, 3.8) is 0 Å². The molecule has 2 aromatic heterocycles. The molecule has 0 radical (unpaired) electrons. The van der Waals surface area contributed by atoms with Crippen LogP contribution in [0.1, 0.15) is 53.9 Å². The maximum atomic E-state index is 15.0. The summed E-state index contributed by atoms with van der Waals surface area (Å²) in [5.41, 5.74) is 7.49. The third kappa shape index (κ3) is 3.91. The van der Waals surface area contributed by atoms with Gasteiger partial charge in [0, 0.05) is 27.9 Å². The molecule has 1 saturated carbocycles. The van der Waals surface area contributed by atoms with Gasteiger partial charge >= 0.3 is 0 Å². The molecule has 0 N–H and O–H groups in total. The van der Waals surface area contributed by atoms with Crippen LogP contribution in [0.5, 0.6) is 0 Å². The molecule has 0 amide bonds. The number of aromatic nitrogens is 4. The Balaban J connectivity index is 1.48. The molecule has 1 fully saturated rings. The van der Waals surface area contributed by atoms with Gasteiger partial charge in [-0.1, -0.05) is 11.6 Å². The molecule has 0 spiro atoms. The van der Waals surface area contributed by atoms with Gasteiger partial charge in [0.05, 0.1) is 41.3 Å². The van der Waals surface area contributed by atoms with Gasteiger partial charge in [-0.3, -0.25) is 4.68 Å². The van der Waals surface area contributed by atoms with Crippen molar-refractivity contribution >= 4 is 28.2 Å². The molecule has 172 valence electrons. The van der Waals surface area contributed by atoms with Crippen LogP contribution >= 0.6 is 11.6 Å². The molecular weight excluding hydrogens is 451 g/mol. The fraction of sp³-hybridized carbons (Fsp3) is 0.296. The standard InChI is InChI=1S/C27H24ClFN4O/c1-15-16(2)32-27-23(22-6-3-20(28)12-24(22)29)9-18(10-25(27)31-15)17-7-8-34-26(11-17)19-13-30-33(14-19)21-4-5-21/h3,6,9-14,21,26H,4-5,7-8H2,1-2H3/t26-/m1/s1. The van der Waals surface area contributed by atoms with Gasteiger partial charge in [-0.05, 0) is 80.7 Å². The van der Waals surface area contributed by atoms with Crippen LogP contribution < -0.4 is 0 Å². The van der Waals surface area contributed by atoms with Crippen molar-refractivity contribution in [2.45, 2.75) is 45.3 Å². The van der Waals surface area contributed by atoms with E-state index in [0.29, 0.717) is 34.3 Å². The highest BCUT2D eigenvalue weighted by Crippen LogP contribution is 2.38. The predicted molar refractivity (Wildman–Crippen MR) is 131 cm³/mol. The Morgan fingerprint density at radius 2 is 1.88 bits per heavy atom. The van der Waals surface area contributed by atoms with Gasteiger partial charge in [0.2, 0.25) is 0 Å². The lowest BCUT2D eigenvalue weighted by Crippen LogP contribution is -2.10. The quantitative estimate of drug-likeness (QED) is 0.327. The molecule has 0 bridgehead atoms. The van der Waals surface area contributed by atoms with E-state index in [1.54, 1.807) is 12.1 Å². The van der Waals surface area contributed by atoms with Gasteiger partial charge in [-0.15, -0.1) is 0 Å². The summed E-state index contributed by atoms with van der Waals surface area (Å²) in [4.78, 5) is 9.56. The smallest absolute Gasteiger partial charge is 0.132 e. The average molecular weight is 475 g/mol. The topological polar surface area (TPSA) is 52.8 Å². The number of benzene rings is 2. The van der Waals surface area contributed by atoms with Crippen LogP contribution in [0.2, 0.25) is 5.02 Å². The van der Waals surface area contributed by atoms with E-state index in [1.807, 2.05) is 36.9 Å². The summed E-state index contributed by atoms with van der Waals surface area (Å²) in [5.74, 6) is -0.377. The van der Waals surface area contributed by atoms with Crippen molar-refractivity contribution in [3.05, 3.63) is 82.2 Å². The van der Waals surface area contributed by atoms with Crippen molar-refractivity contribution in [3.8, 4) is 11.1 Å². The van der Waals surface area contributed by atoms with Crippen LogP contribution in [0, 0.1) is 19.7 Å². The Morgan fingerprint density at radius 1 is 1.06 bits per heavy atom. The molecule has 2 aromatic carbocycles. The van der Waals surface area contributed by atoms with Gasteiger partial charge in [0.25, 0.3) is 0 Å². The molecule has 2 aliphatic rings. The van der Waals surface area contributed by atoms with E-state index >= 15 is 0 Å². The van der Waals surface area contributed by atoms with Gasteiger partial charge in [0.15, 0.2) is 0 Å². The van der Waals surface area contributed by atoms with E-state index in [9.17, 15) is 4.39 Å². The number of rotatable bonds is 4. The van der Waals surface area contributed by atoms with E-state index in [1.165, 1.54) is 18.9 Å². The molecule has 7 heteroatoms. The van der Waals surface area contributed by atoms with Crippen LogP contribution in [-0.2, 0) is 4.74 Å². The predicted octanol–water partition coefficient (Wildman–Crippen LogP) is 6.78. The van der Waals surface area contributed by atoms with Crippen molar-refractivity contribution in [2.24, 2.45) is 0 Å². The number of hydrogen-bond acceptors (Lipinski definition) is 4. The van der Waals surface area contributed by atoms with Crippen LogP contribution in [0.15, 0.2) is 48.8 Å². The fourth-order valence-corrected chi connectivity index (χ4v) is 4.67. The fourth-order valence-electron chi connectivity index (χ4n) is 4.51. The largest absolute Gasteiger partial charge is 0.369 e. The van der Waals surface area contributed by atoms with Gasteiger partial charge in [-0.2, -0.15) is 5.10 Å². The zero-order valence-corrected chi connectivity index (χ0v) is 19.8. The minimum atomic E-state index is -0.377. The number of halogens is 2. The second-order valence-electron chi connectivity index (χ2n) is 9.13. The second kappa shape index (κ2) is 8.29. The van der Waals surface area contributed by atoms with E-state index in [2.05, 4.69) is 17.4 Å². The Bertz CT molecular complexity index is 1460. The highest BCUT2D eigenvalue weighted by molar-refractivity contribution is 6.30. The lowest BCUT2D eigenvalue weighted by molar-refractivity contribution is 0.0827. The van der Waals surface area contributed by atoms with Crippen LogP contribution in [-0.4, -0.2) is 26.4 Å². The first kappa shape index (κ1) is 21.4. The molecule has 0 unspecified atom stereocenters.